The summed E-state index contributed by atoms with van der Waals surface area (Å²) in [6.07, 6.45) is 2.65. The van der Waals surface area contributed by atoms with E-state index in [9.17, 15) is 4.79 Å². The van der Waals surface area contributed by atoms with Gasteiger partial charge in [-0.2, -0.15) is 0 Å². The number of ether oxygens (including phenoxy) is 1. The Hall–Kier alpha value is -2.21. The molecule has 0 aromatic carbocycles. The van der Waals surface area contributed by atoms with Crippen molar-refractivity contribution in [1.29, 1.82) is 0 Å². The van der Waals surface area contributed by atoms with Crippen LogP contribution in [0.2, 0.25) is 0 Å². The van der Waals surface area contributed by atoms with E-state index >= 15 is 0 Å². The number of aromatic nitrogens is 3. The fraction of sp³-hybridized carbons (Fsp3) is 0.214. The molecule has 0 bridgehead atoms. The molecule has 5 nitrogen and oxygen atoms in total. The van der Waals surface area contributed by atoms with Crippen LogP contribution in [0.1, 0.15) is 22.8 Å². The van der Waals surface area contributed by atoms with Crippen molar-refractivity contribution in [3.8, 4) is 10.7 Å². The van der Waals surface area contributed by atoms with Gasteiger partial charge in [-0.25, -0.2) is 4.79 Å². The second-order valence-electron chi connectivity index (χ2n) is 4.29. The summed E-state index contributed by atoms with van der Waals surface area (Å²) in [5.74, 6) is 0.394. The molecule has 0 amide bonds. The van der Waals surface area contributed by atoms with Crippen molar-refractivity contribution < 1.29 is 9.53 Å². The van der Waals surface area contributed by atoms with Crippen LogP contribution in [-0.2, 0) is 11.2 Å². The Bertz CT molecular complexity index is 776. The first-order valence-electron chi connectivity index (χ1n) is 6.24. The van der Waals surface area contributed by atoms with Gasteiger partial charge in [0.25, 0.3) is 0 Å². The maximum Gasteiger partial charge on any atom is 0.339 e. The first-order chi connectivity index (χ1) is 9.74. The molecule has 3 rings (SSSR count). The molecule has 0 N–H and O–H groups in total. The van der Waals surface area contributed by atoms with E-state index in [0.717, 1.165) is 17.1 Å². The van der Waals surface area contributed by atoms with E-state index in [1.54, 1.807) is 29.7 Å². The second-order valence-corrected chi connectivity index (χ2v) is 5.21. The van der Waals surface area contributed by atoms with Crippen LogP contribution in [0, 0.1) is 0 Å². The fourth-order valence-corrected chi connectivity index (χ4v) is 3.07. The number of methoxy groups -OCH3 is 1. The largest absolute Gasteiger partial charge is 0.465 e. The van der Waals surface area contributed by atoms with Gasteiger partial charge in [0, 0.05) is 6.20 Å². The monoisotopic (exact) mass is 287 g/mol. The summed E-state index contributed by atoms with van der Waals surface area (Å²) >= 11 is 1.63. The maximum absolute atomic E-state index is 11.6. The Labute approximate surface area is 119 Å². The lowest BCUT2D eigenvalue weighted by Crippen LogP contribution is -2.03. The molecule has 0 atom stereocenters. The van der Waals surface area contributed by atoms with Gasteiger partial charge in [-0.1, -0.05) is 6.92 Å². The molecule has 0 unspecified atom stereocenters. The molecule has 0 aliphatic rings. The number of rotatable bonds is 3. The number of pyridine rings is 1. The fourth-order valence-electron chi connectivity index (χ4n) is 2.09. The smallest absolute Gasteiger partial charge is 0.339 e. The molecule has 0 spiro atoms. The summed E-state index contributed by atoms with van der Waals surface area (Å²) in [5, 5.41) is 10.4. The number of hydrogen-bond acceptors (Lipinski definition) is 5. The van der Waals surface area contributed by atoms with Gasteiger partial charge >= 0.3 is 5.97 Å². The first-order valence-corrected chi connectivity index (χ1v) is 7.12. The molecule has 6 heteroatoms. The summed E-state index contributed by atoms with van der Waals surface area (Å²) in [5.41, 5.74) is 2.42. The van der Waals surface area contributed by atoms with Gasteiger partial charge in [-0.15, -0.1) is 21.5 Å². The molecular weight excluding hydrogens is 274 g/mol. The van der Waals surface area contributed by atoms with Crippen molar-refractivity contribution in [1.82, 2.24) is 14.6 Å². The quantitative estimate of drug-likeness (QED) is 0.695. The van der Waals surface area contributed by atoms with Crippen molar-refractivity contribution in [2.75, 3.05) is 7.11 Å². The minimum absolute atomic E-state index is 0.367. The van der Waals surface area contributed by atoms with E-state index in [4.69, 9.17) is 4.74 Å². The van der Waals surface area contributed by atoms with E-state index in [2.05, 4.69) is 23.2 Å². The molecule has 20 heavy (non-hydrogen) atoms. The van der Waals surface area contributed by atoms with Crippen LogP contribution >= 0.6 is 11.3 Å². The zero-order chi connectivity index (χ0) is 14.1. The van der Waals surface area contributed by atoms with E-state index in [-0.39, 0.29) is 5.97 Å². The predicted molar refractivity (Wildman–Crippen MR) is 77.0 cm³/mol. The third kappa shape index (κ3) is 1.98. The van der Waals surface area contributed by atoms with Gasteiger partial charge < -0.3 is 4.74 Å². The number of aryl methyl sites for hydroxylation is 1. The predicted octanol–water partition coefficient (Wildman–Crippen LogP) is 2.81. The SMILES string of the molecule is CCc1ccsc1-c1nnc2ccc(C(=O)OC)cn12. The van der Waals surface area contributed by atoms with Crippen molar-refractivity contribution >= 4 is 23.0 Å². The minimum Gasteiger partial charge on any atom is -0.465 e. The third-order valence-electron chi connectivity index (χ3n) is 3.15. The third-order valence-corrected chi connectivity index (χ3v) is 4.11. The van der Waals surface area contributed by atoms with E-state index in [1.807, 2.05) is 9.78 Å². The molecule has 0 fully saturated rings. The van der Waals surface area contributed by atoms with Crippen LogP contribution in [0.15, 0.2) is 29.8 Å². The van der Waals surface area contributed by atoms with Gasteiger partial charge in [0.05, 0.1) is 17.6 Å². The van der Waals surface area contributed by atoms with Gasteiger partial charge in [0.2, 0.25) is 0 Å². The normalized spacial score (nSPS) is 10.9. The highest BCUT2D eigenvalue weighted by molar-refractivity contribution is 7.13. The number of esters is 1. The van der Waals surface area contributed by atoms with Crippen LogP contribution in [-0.4, -0.2) is 27.7 Å². The first kappa shape index (κ1) is 12.8. The summed E-state index contributed by atoms with van der Waals surface area (Å²) in [6, 6.07) is 5.54. The molecule has 0 saturated carbocycles. The Kier molecular flexibility index (Phi) is 3.23. The zero-order valence-electron chi connectivity index (χ0n) is 11.2. The van der Waals surface area contributed by atoms with Crippen molar-refractivity contribution in [3.05, 3.63) is 40.9 Å². The zero-order valence-corrected chi connectivity index (χ0v) is 12.0. The summed E-state index contributed by atoms with van der Waals surface area (Å²) < 4.78 is 6.58. The van der Waals surface area contributed by atoms with Crippen molar-refractivity contribution in [2.45, 2.75) is 13.3 Å². The number of carbonyl (C=O) groups is 1. The van der Waals surface area contributed by atoms with E-state index < -0.39 is 0 Å². The number of fused-ring (bicyclic) bond motifs is 1. The lowest BCUT2D eigenvalue weighted by molar-refractivity contribution is 0.0600. The van der Waals surface area contributed by atoms with Crippen LogP contribution in [0.4, 0.5) is 0 Å². The van der Waals surface area contributed by atoms with Crippen LogP contribution in [0.3, 0.4) is 0 Å². The van der Waals surface area contributed by atoms with E-state index in [0.29, 0.717) is 11.2 Å². The number of carbonyl (C=O) groups excluding carboxylic acids is 1. The molecule has 0 radical (unpaired) electrons. The number of nitrogens with zero attached hydrogens (tertiary/aromatic N) is 3. The molecular formula is C14H13N3O2S. The van der Waals surface area contributed by atoms with E-state index in [1.165, 1.54) is 12.7 Å². The summed E-state index contributed by atoms with van der Waals surface area (Å²) in [6.45, 7) is 2.11. The molecule has 102 valence electrons. The van der Waals surface area contributed by atoms with Crippen molar-refractivity contribution in [3.63, 3.8) is 0 Å². The highest BCUT2D eigenvalue weighted by atomic mass is 32.1. The van der Waals surface area contributed by atoms with Crippen LogP contribution < -0.4 is 0 Å². The highest BCUT2D eigenvalue weighted by Gasteiger charge is 2.15. The lowest BCUT2D eigenvalue weighted by Gasteiger charge is -2.03. The molecule has 0 aliphatic heterocycles. The second kappa shape index (κ2) is 5.05. The van der Waals surface area contributed by atoms with Gasteiger partial charge in [-0.05, 0) is 35.6 Å². The molecule has 0 aliphatic carbocycles. The minimum atomic E-state index is -0.367. The Morgan fingerprint density at radius 2 is 2.20 bits per heavy atom. The Morgan fingerprint density at radius 1 is 1.35 bits per heavy atom. The number of thiophene rings is 1. The van der Waals surface area contributed by atoms with Gasteiger partial charge in [0.1, 0.15) is 0 Å². The average molecular weight is 287 g/mol. The molecule has 3 aromatic rings. The molecule has 0 saturated heterocycles. The summed E-state index contributed by atoms with van der Waals surface area (Å²) in [7, 11) is 1.37. The number of hydrogen-bond donors (Lipinski definition) is 0. The Balaban J connectivity index is 2.19. The van der Waals surface area contributed by atoms with Crippen molar-refractivity contribution in [2.24, 2.45) is 0 Å². The van der Waals surface area contributed by atoms with Crippen LogP contribution in [0.25, 0.3) is 16.3 Å². The maximum atomic E-state index is 11.6. The Morgan fingerprint density at radius 3 is 2.95 bits per heavy atom. The van der Waals surface area contributed by atoms with Gasteiger partial charge in [-0.3, -0.25) is 4.40 Å². The average Bonchev–Trinajstić information content (AvgIpc) is 3.11. The standard InChI is InChI=1S/C14H13N3O2S/c1-3-9-6-7-20-12(9)13-16-15-11-5-4-10(8-17(11)13)14(18)19-2/h4-8H,3H2,1-2H3. The highest BCUT2D eigenvalue weighted by Crippen LogP contribution is 2.29. The lowest BCUT2D eigenvalue weighted by atomic mass is 10.2. The summed E-state index contributed by atoms with van der Waals surface area (Å²) in [4.78, 5) is 12.7. The molecule has 3 heterocycles. The topological polar surface area (TPSA) is 56.5 Å². The van der Waals surface area contributed by atoms with Gasteiger partial charge in [0.15, 0.2) is 11.5 Å². The van der Waals surface area contributed by atoms with Crippen LogP contribution in [0.5, 0.6) is 0 Å². The molecule has 3 aromatic heterocycles.